The molecule has 0 atom stereocenters. The third kappa shape index (κ3) is 2.08. The highest BCUT2D eigenvalue weighted by atomic mass is 79.9. The number of hydrogen-bond donors (Lipinski definition) is 1. The molecular weight excluding hydrogens is 334 g/mol. The second-order valence-corrected chi connectivity index (χ2v) is 6.24. The average Bonchev–Trinajstić information content (AvgIpc) is 2.67. The second-order valence-electron chi connectivity index (χ2n) is 3.83. The number of thiazole rings is 1. The first-order valence-electron chi connectivity index (χ1n) is 5.31. The lowest BCUT2D eigenvalue weighted by Crippen LogP contribution is -1.97. The zero-order chi connectivity index (χ0) is 12.7. The van der Waals surface area contributed by atoms with E-state index < -0.39 is 0 Å². The van der Waals surface area contributed by atoms with Crippen molar-refractivity contribution in [3.05, 3.63) is 32.6 Å². The Kier molecular flexibility index (Phi) is 3.17. The Hall–Kier alpha value is -0.850. The van der Waals surface area contributed by atoms with Crippen LogP contribution >= 0.6 is 39.9 Å². The number of thiol groups is 1. The molecule has 3 nitrogen and oxygen atoms in total. The molecule has 0 saturated heterocycles. The molecule has 3 rings (SSSR count). The molecule has 2 aromatic rings. The van der Waals surface area contributed by atoms with Crippen LogP contribution in [-0.2, 0) is 6.42 Å². The molecule has 0 N–H and O–H groups in total. The van der Waals surface area contributed by atoms with Gasteiger partial charge in [0.25, 0.3) is 0 Å². The molecule has 6 heteroatoms. The summed E-state index contributed by atoms with van der Waals surface area (Å²) in [5.74, 6) is 0.798. The average molecular weight is 342 g/mol. The van der Waals surface area contributed by atoms with Crippen LogP contribution in [0.2, 0.25) is 0 Å². The number of halogens is 1. The molecule has 92 valence electrons. The van der Waals surface area contributed by atoms with E-state index in [1.165, 1.54) is 11.3 Å². The van der Waals surface area contributed by atoms with Gasteiger partial charge in [-0.05, 0) is 18.2 Å². The standard InChI is InChI=1S/C12H8BrNO2S2/c13-6-1-2-7-8(5-6)16-4-3-9-10(7)14-11(18-9)12(15)17/h1-2,5H,3-4H2,(H,15,17). The topological polar surface area (TPSA) is 39.2 Å². The minimum Gasteiger partial charge on any atom is -0.492 e. The molecule has 0 spiro atoms. The maximum atomic E-state index is 11.3. The van der Waals surface area contributed by atoms with Crippen molar-refractivity contribution in [3.63, 3.8) is 0 Å². The Morgan fingerprint density at radius 2 is 2.33 bits per heavy atom. The predicted octanol–water partition coefficient (Wildman–Crippen LogP) is 3.58. The third-order valence-corrected chi connectivity index (χ3v) is 4.64. The molecule has 1 aliphatic heterocycles. The van der Waals surface area contributed by atoms with Gasteiger partial charge in [-0.15, -0.1) is 11.3 Å². The number of hydrogen-bond acceptors (Lipinski definition) is 4. The first-order chi connectivity index (χ1) is 8.65. The van der Waals surface area contributed by atoms with Crippen LogP contribution in [0.4, 0.5) is 0 Å². The van der Waals surface area contributed by atoms with Crippen LogP contribution in [-0.4, -0.2) is 16.7 Å². The van der Waals surface area contributed by atoms with Crippen molar-refractivity contribution in [2.75, 3.05) is 6.61 Å². The summed E-state index contributed by atoms with van der Waals surface area (Å²) in [7, 11) is 0. The number of rotatable bonds is 1. The fraction of sp³-hybridized carbons (Fsp3) is 0.167. The normalized spacial score (nSPS) is 13.2. The largest absolute Gasteiger partial charge is 0.492 e. The van der Waals surface area contributed by atoms with E-state index in [0.717, 1.165) is 32.8 Å². The van der Waals surface area contributed by atoms with E-state index in [4.69, 9.17) is 4.74 Å². The fourth-order valence-corrected chi connectivity index (χ4v) is 3.31. The van der Waals surface area contributed by atoms with E-state index in [0.29, 0.717) is 11.6 Å². The highest BCUT2D eigenvalue weighted by Gasteiger charge is 2.21. The summed E-state index contributed by atoms with van der Waals surface area (Å²) < 4.78 is 6.67. The Morgan fingerprint density at radius 3 is 3.11 bits per heavy atom. The summed E-state index contributed by atoms with van der Waals surface area (Å²) in [5, 5.41) is 0.159. The molecule has 0 aliphatic carbocycles. The molecular formula is C12H8BrNO2S2. The predicted molar refractivity (Wildman–Crippen MR) is 77.8 cm³/mol. The monoisotopic (exact) mass is 341 g/mol. The smallest absolute Gasteiger partial charge is 0.244 e. The van der Waals surface area contributed by atoms with Gasteiger partial charge < -0.3 is 4.74 Å². The Balaban J connectivity index is 2.20. The minimum atomic E-state index is -0.285. The third-order valence-electron chi connectivity index (χ3n) is 2.67. The maximum absolute atomic E-state index is 11.3. The fourth-order valence-electron chi connectivity index (χ4n) is 1.89. The lowest BCUT2D eigenvalue weighted by Gasteiger charge is -2.06. The number of aromatic nitrogens is 1. The van der Waals surface area contributed by atoms with Gasteiger partial charge in [0.2, 0.25) is 5.12 Å². The van der Waals surface area contributed by atoms with Crippen molar-refractivity contribution in [2.24, 2.45) is 0 Å². The lowest BCUT2D eigenvalue weighted by molar-refractivity contribution is 0.109. The van der Waals surface area contributed by atoms with Crippen LogP contribution in [0.15, 0.2) is 22.7 Å². The molecule has 0 unspecified atom stereocenters. The van der Waals surface area contributed by atoms with Crippen LogP contribution < -0.4 is 4.74 Å². The zero-order valence-corrected chi connectivity index (χ0v) is 12.4. The van der Waals surface area contributed by atoms with Gasteiger partial charge in [0.1, 0.15) is 5.75 Å². The number of ether oxygens (including phenoxy) is 1. The molecule has 1 aliphatic rings. The van der Waals surface area contributed by atoms with Crippen molar-refractivity contribution in [1.29, 1.82) is 0 Å². The van der Waals surface area contributed by atoms with Crippen LogP contribution in [0, 0.1) is 0 Å². The van der Waals surface area contributed by atoms with Crippen molar-refractivity contribution in [2.45, 2.75) is 6.42 Å². The van der Waals surface area contributed by atoms with Gasteiger partial charge in [-0.2, -0.15) is 0 Å². The highest BCUT2D eigenvalue weighted by molar-refractivity contribution is 9.10. The van der Waals surface area contributed by atoms with Crippen LogP contribution in [0.1, 0.15) is 14.7 Å². The maximum Gasteiger partial charge on any atom is 0.244 e. The number of carbonyl (C=O) groups is 1. The van der Waals surface area contributed by atoms with Gasteiger partial charge in [0.05, 0.1) is 12.3 Å². The molecule has 0 fully saturated rings. The molecule has 0 amide bonds. The van der Waals surface area contributed by atoms with Gasteiger partial charge in [-0.3, -0.25) is 4.79 Å². The van der Waals surface area contributed by atoms with E-state index in [9.17, 15) is 4.79 Å². The summed E-state index contributed by atoms with van der Waals surface area (Å²) in [6.07, 6.45) is 0.764. The molecule has 1 aromatic carbocycles. The van der Waals surface area contributed by atoms with Crippen LogP contribution in [0.3, 0.4) is 0 Å². The second kappa shape index (κ2) is 4.68. The summed E-state index contributed by atoms with van der Waals surface area (Å²) >= 11 is 8.65. The Bertz CT molecular complexity index is 639. The molecule has 0 bridgehead atoms. The minimum absolute atomic E-state index is 0.285. The zero-order valence-electron chi connectivity index (χ0n) is 9.14. The molecule has 0 saturated carbocycles. The van der Waals surface area contributed by atoms with Gasteiger partial charge in [-0.1, -0.05) is 28.6 Å². The molecule has 0 radical (unpaired) electrons. The van der Waals surface area contributed by atoms with Crippen molar-refractivity contribution >= 4 is 45.0 Å². The molecule has 18 heavy (non-hydrogen) atoms. The number of fused-ring (bicyclic) bond motifs is 3. The van der Waals surface area contributed by atoms with Gasteiger partial charge in [0.15, 0.2) is 5.01 Å². The van der Waals surface area contributed by atoms with E-state index in [1.54, 1.807) is 0 Å². The van der Waals surface area contributed by atoms with Gasteiger partial charge >= 0.3 is 0 Å². The SMILES string of the molecule is O=C(S)c1nc2c(s1)CCOc1cc(Br)ccc1-2. The summed E-state index contributed by atoms with van der Waals surface area (Å²) in [6.45, 7) is 0.596. The van der Waals surface area contributed by atoms with Crippen LogP contribution in [0.5, 0.6) is 5.75 Å². The number of nitrogens with zero attached hydrogens (tertiary/aromatic N) is 1. The van der Waals surface area contributed by atoms with E-state index in [-0.39, 0.29) is 5.12 Å². The summed E-state index contributed by atoms with van der Waals surface area (Å²) in [6, 6.07) is 5.82. The number of benzene rings is 1. The van der Waals surface area contributed by atoms with Crippen molar-refractivity contribution in [1.82, 2.24) is 4.98 Å². The highest BCUT2D eigenvalue weighted by Crippen LogP contribution is 2.38. The van der Waals surface area contributed by atoms with Crippen LogP contribution in [0.25, 0.3) is 11.3 Å². The lowest BCUT2D eigenvalue weighted by atomic mass is 10.1. The van der Waals surface area contributed by atoms with Crippen molar-refractivity contribution < 1.29 is 9.53 Å². The van der Waals surface area contributed by atoms with Gasteiger partial charge in [0, 0.05) is 21.3 Å². The van der Waals surface area contributed by atoms with Gasteiger partial charge in [-0.25, -0.2) is 4.98 Å². The van der Waals surface area contributed by atoms with E-state index in [1.807, 2.05) is 18.2 Å². The Morgan fingerprint density at radius 1 is 1.50 bits per heavy atom. The molecule has 1 aromatic heterocycles. The molecule has 2 heterocycles. The Labute approximate surface area is 122 Å². The van der Waals surface area contributed by atoms with Crippen molar-refractivity contribution in [3.8, 4) is 17.0 Å². The number of carbonyl (C=O) groups excluding carboxylic acids is 1. The quantitative estimate of drug-likeness (QED) is 0.806. The first kappa shape index (κ1) is 12.2. The first-order valence-corrected chi connectivity index (χ1v) is 7.36. The summed E-state index contributed by atoms with van der Waals surface area (Å²) in [5.41, 5.74) is 1.78. The van der Waals surface area contributed by atoms with E-state index >= 15 is 0 Å². The van der Waals surface area contributed by atoms with E-state index in [2.05, 4.69) is 33.5 Å². The summed E-state index contributed by atoms with van der Waals surface area (Å²) in [4.78, 5) is 16.7.